The number of hydrogen-bond acceptors (Lipinski definition) is 2. The van der Waals surface area contributed by atoms with Crippen LogP contribution in [0.25, 0.3) is 0 Å². The largest absolute Gasteiger partial charge is 0.373 e. The van der Waals surface area contributed by atoms with Gasteiger partial charge in [-0.25, -0.2) is 0 Å². The number of nitrogens with one attached hydrogen (secondary N) is 1. The molecule has 0 saturated carbocycles. The number of hydrogen-bond donors (Lipinski definition) is 1. The number of carbonyl (C=O) groups is 1. The van der Waals surface area contributed by atoms with Crippen LogP contribution in [0.1, 0.15) is 82.6 Å². The third-order valence-electron chi connectivity index (χ3n) is 4.39. The molecule has 1 amide bonds. The van der Waals surface area contributed by atoms with Crippen molar-refractivity contribution in [3.63, 3.8) is 0 Å². The third-order valence-corrected chi connectivity index (χ3v) is 4.39. The molecule has 0 rings (SSSR count). The van der Waals surface area contributed by atoms with Crippen LogP contribution in [0.4, 0.5) is 0 Å². The van der Waals surface area contributed by atoms with Gasteiger partial charge in [0.1, 0.15) is 0 Å². The van der Waals surface area contributed by atoms with Gasteiger partial charge in [0.05, 0.1) is 17.7 Å². The highest BCUT2D eigenvalue weighted by atomic mass is 16.5. The van der Waals surface area contributed by atoms with Gasteiger partial charge in [-0.05, 0) is 52.4 Å². The molecule has 0 aliphatic rings. The zero-order valence-electron chi connectivity index (χ0n) is 16.8. The van der Waals surface area contributed by atoms with E-state index in [0.717, 1.165) is 6.42 Å². The lowest BCUT2D eigenvalue weighted by Gasteiger charge is -2.39. The number of rotatable bonds is 7. The first kappa shape index (κ1) is 21.4. The van der Waals surface area contributed by atoms with Crippen molar-refractivity contribution < 1.29 is 9.53 Å². The molecule has 0 unspecified atom stereocenters. The summed E-state index contributed by atoms with van der Waals surface area (Å²) in [6.07, 6.45) is 0.861. The third kappa shape index (κ3) is 7.62. The summed E-state index contributed by atoms with van der Waals surface area (Å²) in [6, 6.07) is 0. The molecule has 132 valence electrons. The van der Waals surface area contributed by atoms with Crippen LogP contribution in [-0.2, 0) is 9.53 Å². The summed E-state index contributed by atoms with van der Waals surface area (Å²) in [6.45, 7) is 23.6. The lowest BCUT2D eigenvalue weighted by Crippen LogP contribution is -2.53. The Kier molecular flexibility index (Phi) is 6.72. The van der Waals surface area contributed by atoms with Crippen molar-refractivity contribution in [3.8, 4) is 0 Å². The predicted octanol–water partition coefficient (Wildman–Crippen LogP) is 4.79. The van der Waals surface area contributed by atoms with Crippen molar-refractivity contribution >= 4 is 5.91 Å². The molecule has 1 N–H and O–H groups in total. The van der Waals surface area contributed by atoms with Gasteiger partial charge in [0.15, 0.2) is 0 Å². The van der Waals surface area contributed by atoms with E-state index < -0.39 is 5.41 Å². The van der Waals surface area contributed by atoms with E-state index >= 15 is 0 Å². The normalized spacial score (nSPS) is 14.4. The molecule has 0 bridgehead atoms. The maximum absolute atomic E-state index is 12.7. The average molecular weight is 314 g/mol. The Morgan fingerprint density at radius 2 is 1.41 bits per heavy atom. The molecule has 0 aromatic carbocycles. The smallest absolute Gasteiger partial charge is 0.226 e. The molecular formula is C19H39NO2. The molecule has 0 saturated heterocycles. The topological polar surface area (TPSA) is 38.3 Å². The number of carbonyl (C=O) groups excluding carboxylic acids is 1. The molecule has 0 atom stereocenters. The maximum atomic E-state index is 12.7. The molecule has 0 aromatic heterocycles. The second kappa shape index (κ2) is 6.90. The SMILES string of the molecule is CC(C)C(C)(C)CC(C)(C)C(=O)NC(C)(C)COC(C)(C)C. The molecule has 0 radical (unpaired) electrons. The summed E-state index contributed by atoms with van der Waals surface area (Å²) in [5.74, 6) is 0.639. The zero-order valence-corrected chi connectivity index (χ0v) is 16.8. The van der Waals surface area contributed by atoms with Gasteiger partial charge in [0.25, 0.3) is 0 Å². The molecule has 0 aliphatic carbocycles. The first-order chi connectivity index (χ1) is 9.49. The van der Waals surface area contributed by atoms with E-state index in [-0.39, 0.29) is 22.5 Å². The van der Waals surface area contributed by atoms with Gasteiger partial charge in [-0.15, -0.1) is 0 Å². The molecule has 0 aliphatic heterocycles. The summed E-state index contributed by atoms with van der Waals surface area (Å²) in [5.41, 5.74) is -0.833. The fourth-order valence-corrected chi connectivity index (χ4v) is 2.33. The van der Waals surface area contributed by atoms with Crippen molar-refractivity contribution in [2.24, 2.45) is 16.7 Å². The lowest BCUT2D eigenvalue weighted by molar-refractivity contribution is -0.134. The van der Waals surface area contributed by atoms with E-state index in [2.05, 4.69) is 33.0 Å². The first-order valence-electron chi connectivity index (χ1n) is 8.45. The van der Waals surface area contributed by atoms with Crippen molar-refractivity contribution in [3.05, 3.63) is 0 Å². The average Bonchev–Trinajstić information content (AvgIpc) is 2.23. The van der Waals surface area contributed by atoms with Gasteiger partial charge in [-0.3, -0.25) is 4.79 Å². The van der Waals surface area contributed by atoms with Crippen molar-refractivity contribution in [2.75, 3.05) is 6.61 Å². The Morgan fingerprint density at radius 1 is 0.955 bits per heavy atom. The summed E-state index contributed by atoms with van der Waals surface area (Å²) >= 11 is 0. The minimum atomic E-state index is -0.396. The van der Waals surface area contributed by atoms with E-state index in [9.17, 15) is 4.79 Å². The molecule has 3 heteroatoms. The molecule has 0 spiro atoms. The maximum Gasteiger partial charge on any atom is 0.226 e. The van der Waals surface area contributed by atoms with Crippen LogP contribution in [0, 0.1) is 16.7 Å². The Hall–Kier alpha value is -0.570. The number of amides is 1. The van der Waals surface area contributed by atoms with Crippen molar-refractivity contribution in [2.45, 2.75) is 93.7 Å². The van der Waals surface area contributed by atoms with Crippen molar-refractivity contribution in [1.82, 2.24) is 5.32 Å². The van der Waals surface area contributed by atoms with E-state index in [1.165, 1.54) is 0 Å². The lowest BCUT2D eigenvalue weighted by atomic mass is 9.69. The first-order valence-corrected chi connectivity index (χ1v) is 8.45. The van der Waals surface area contributed by atoms with Gasteiger partial charge in [-0.2, -0.15) is 0 Å². The van der Waals surface area contributed by atoms with Gasteiger partial charge >= 0.3 is 0 Å². The van der Waals surface area contributed by atoms with E-state index in [4.69, 9.17) is 4.74 Å². The molecule has 0 heterocycles. The van der Waals surface area contributed by atoms with E-state index in [1.807, 2.05) is 48.5 Å². The van der Waals surface area contributed by atoms with E-state index in [1.54, 1.807) is 0 Å². The molecular weight excluding hydrogens is 274 g/mol. The Bertz CT molecular complexity index is 373. The zero-order chi connectivity index (χ0) is 18.0. The van der Waals surface area contributed by atoms with Crippen LogP contribution in [0.2, 0.25) is 0 Å². The Balaban J connectivity index is 4.81. The van der Waals surface area contributed by atoms with Crippen molar-refractivity contribution in [1.29, 1.82) is 0 Å². The molecule has 0 fully saturated rings. The Labute approximate surface area is 138 Å². The fourth-order valence-electron chi connectivity index (χ4n) is 2.33. The van der Waals surface area contributed by atoms with Crippen LogP contribution < -0.4 is 5.32 Å². The van der Waals surface area contributed by atoms with Crippen LogP contribution in [0.5, 0.6) is 0 Å². The highest BCUT2D eigenvalue weighted by Crippen LogP contribution is 2.39. The second-order valence-corrected chi connectivity index (χ2v) is 9.94. The minimum absolute atomic E-state index is 0.101. The Morgan fingerprint density at radius 3 is 1.77 bits per heavy atom. The molecule has 0 aromatic rings. The van der Waals surface area contributed by atoms with Crippen LogP contribution in [0.3, 0.4) is 0 Å². The van der Waals surface area contributed by atoms with Crippen LogP contribution in [-0.4, -0.2) is 23.7 Å². The second-order valence-electron chi connectivity index (χ2n) is 9.94. The number of ether oxygens (including phenoxy) is 1. The van der Waals surface area contributed by atoms with Gasteiger partial charge in [0, 0.05) is 5.41 Å². The quantitative estimate of drug-likeness (QED) is 0.733. The highest BCUT2D eigenvalue weighted by molar-refractivity contribution is 5.82. The van der Waals surface area contributed by atoms with Gasteiger partial charge in [0.2, 0.25) is 5.91 Å². The standard InChI is InChI=1S/C19H39NO2/c1-14(2)17(6,7)12-18(8,9)15(21)20-19(10,11)13-22-16(3,4)5/h14H,12-13H2,1-11H3,(H,20,21). The summed E-state index contributed by atoms with van der Waals surface area (Å²) < 4.78 is 5.83. The summed E-state index contributed by atoms with van der Waals surface area (Å²) in [4.78, 5) is 12.7. The minimum Gasteiger partial charge on any atom is -0.373 e. The monoisotopic (exact) mass is 313 g/mol. The molecule has 22 heavy (non-hydrogen) atoms. The van der Waals surface area contributed by atoms with E-state index in [0.29, 0.717) is 12.5 Å². The molecule has 3 nitrogen and oxygen atoms in total. The summed E-state index contributed by atoms with van der Waals surface area (Å²) in [7, 11) is 0. The van der Waals surface area contributed by atoms with Crippen LogP contribution in [0.15, 0.2) is 0 Å². The predicted molar refractivity (Wildman–Crippen MR) is 94.9 cm³/mol. The van der Waals surface area contributed by atoms with Crippen LogP contribution >= 0.6 is 0 Å². The highest BCUT2D eigenvalue weighted by Gasteiger charge is 2.38. The van der Waals surface area contributed by atoms with Gasteiger partial charge < -0.3 is 10.1 Å². The van der Waals surface area contributed by atoms with Gasteiger partial charge in [-0.1, -0.05) is 41.5 Å². The fraction of sp³-hybridized carbons (Fsp3) is 0.947. The summed E-state index contributed by atoms with van der Waals surface area (Å²) in [5, 5.41) is 3.17.